The van der Waals surface area contributed by atoms with E-state index >= 15 is 0 Å². The molecule has 9 heteroatoms. The summed E-state index contributed by atoms with van der Waals surface area (Å²) >= 11 is 12.7. The molecule has 4 rings (SSSR count). The van der Waals surface area contributed by atoms with E-state index in [1.54, 1.807) is 37.4 Å². The molecule has 3 unspecified atom stereocenters. The number of methoxy groups -OCH3 is 1. The first-order valence-corrected chi connectivity index (χ1v) is 11.9. The van der Waals surface area contributed by atoms with Gasteiger partial charge in [0.25, 0.3) is 5.85 Å². The monoisotopic (exact) mass is 502 g/mol. The van der Waals surface area contributed by atoms with E-state index in [2.05, 4.69) is 15.6 Å². The van der Waals surface area contributed by atoms with Crippen molar-refractivity contribution in [2.45, 2.75) is 31.3 Å². The van der Waals surface area contributed by atoms with E-state index in [9.17, 15) is 4.79 Å². The lowest BCUT2D eigenvalue weighted by atomic mass is 9.83. The van der Waals surface area contributed by atoms with Crippen molar-refractivity contribution in [2.75, 3.05) is 32.2 Å². The number of para-hydroxylation sites is 1. The molecule has 2 heterocycles. The highest BCUT2D eigenvalue weighted by Crippen LogP contribution is 2.50. The van der Waals surface area contributed by atoms with E-state index in [1.807, 2.05) is 43.1 Å². The molecule has 0 fully saturated rings. The SMILES string of the molecule is CCNC1c2ccccc2N(C)C1(C(=O)OCC)C1=CC=NC(OC)(c2ccc(Cl)cc2Cl)N1. The van der Waals surface area contributed by atoms with Crippen LogP contribution in [-0.2, 0) is 20.1 Å². The number of aliphatic imine (C=N–C) groups is 1. The van der Waals surface area contributed by atoms with Gasteiger partial charge >= 0.3 is 5.97 Å². The summed E-state index contributed by atoms with van der Waals surface area (Å²) in [5.41, 5.74) is 1.82. The fourth-order valence-electron chi connectivity index (χ4n) is 4.86. The predicted molar refractivity (Wildman–Crippen MR) is 135 cm³/mol. The van der Waals surface area contributed by atoms with Crippen molar-refractivity contribution >= 4 is 41.1 Å². The van der Waals surface area contributed by atoms with Gasteiger partial charge in [-0.2, -0.15) is 0 Å². The summed E-state index contributed by atoms with van der Waals surface area (Å²) in [5.74, 6) is -1.75. The first-order valence-electron chi connectivity index (χ1n) is 11.1. The third-order valence-corrected chi connectivity index (χ3v) is 6.90. The van der Waals surface area contributed by atoms with E-state index in [4.69, 9.17) is 32.7 Å². The van der Waals surface area contributed by atoms with Crippen LogP contribution >= 0.6 is 23.2 Å². The highest BCUT2D eigenvalue weighted by molar-refractivity contribution is 6.35. The first-order chi connectivity index (χ1) is 16.4. The maximum absolute atomic E-state index is 13.9. The Kier molecular flexibility index (Phi) is 6.92. The quantitative estimate of drug-likeness (QED) is 0.546. The van der Waals surface area contributed by atoms with E-state index in [-0.39, 0.29) is 12.6 Å². The molecule has 2 aromatic carbocycles. The van der Waals surface area contributed by atoms with Gasteiger partial charge in [0.15, 0.2) is 5.54 Å². The molecule has 0 saturated heterocycles. The average Bonchev–Trinajstić information content (AvgIpc) is 3.08. The summed E-state index contributed by atoms with van der Waals surface area (Å²) in [6.45, 7) is 4.69. The smallest absolute Gasteiger partial charge is 0.340 e. The fourth-order valence-corrected chi connectivity index (χ4v) is 5.40. The van der Waals surface area contributed by atoms with E-state index < -0.39 is 17.4 Å². The van der Waals surface area contributed by atoms with Crippen LogP contribution in [0, 0.1) is 0 Å². The molecule has 2 aromatic rings. The number of allylic oxidation sites excluding steroid dienone is 1. The van der Waals surface area contributed by atoms with Gasteiger partial charge in [-0.3, -0.25) is 0 Å². The van der Waals surface area contributed by atoms with Crippen molar-refractivity contribution in [1.29, 1.82) is 0 Å². The number of carbonyl (C=O) groups is 1. The molecule has 180 valence electrons. The van der Waals surface area contributed by atoms with Gasteiger partial charge in [0.05, 0.1) is 23.4 Å². The minimum Gasteiger partial charge on any atom is -0.464 e. The number of anilines is 1. The second-order valence-electron chi connectivity index (χ2n) is 8.05. The van der Waals surface area contributed by atoms with Gasteiger partial charge in [0, 0.05) is 36.6 Å². The second kappa shape index (κ2) is 9.58. The Morgan fingerprint density at radius 3 is 2.68 bits per heavy atom. The third kappa shape index (κ3) is 3.67. The molecule has 0 saturated carbocycles. The van der Waals surface area contributed by atoms with Crippen molar-refractivity contribution in [2.24, 2.45) is 4.99 Å². The summed E-state index contributed by atoms with van der Waals surface area (Å²) in [6, 6.07) is 12.7. The zero-order valence-corrected chi connectivity index (χ0v) is 21.1. The highest BCUT2D eigenvalue weighted by atomic mass is 35.5. The van der Waals surface area contributed by atoms with Crippen molar-refractivity contribution in [1.82, 2.24) is 10.6 Å². The molecule has 34 heavy (non-hydrogen) atoms. The Hall–Kier alpha value is -2.58. The number of nitrogens with one attached hydrogen (secondary N) is 2. The largest absolute Gasteiger partial charge is 0.464 e. The number of nitrogens with zero attached hydrogens (tertiary/aromatic N) is 2. The van der Waals surface area contributed by atoms with Gasteiger partial charge < -0.3 is 25.0 Å². The lowest BCUT2D eigenvalue weighted by Crippen LogP contribution is -2.64. The lowest BCUT2D eigenvalue weighted by molar-refractivity contribution is -0.149. The Morgan fingerprint density at radius 1 is 1.24 bits per heavy atom. The topological polar surface area (TPSA) is 75.2 Å². The van der Waals surface area contributed by atoms with Crippen molar-refractivity contribution < 1.29 is 14.3 Å². The Labute approximate surface area is 209 Å². The van der Waals surface area contributed by atoms with Crippen LogP contribution < -0.4 is 15.5 Å². The van der Waals surface area contributed by atoms with Crippen LogP contribution in [0.15, 0.2) is 59.2 Å². The van der Waals surface area contributed by atoms with Crippen molar-refractivity contribution in [3.05, 3.63) is 75.4 Å². The van der Waals surface area contributed by atoms with Gasteiger partial charge in [0.2, 0.25) is 0 Å². The zero-order chi connectivity index (χ0) is 24.5. The van der Waals surface area contributed by atoms with Crippen molar-refractivity contribution in [3.8, 4) is 0 Å². The molecule has 7 nitrogen and oxygen atoms in total. The van der Waals surface area contributed by atoms with Crippen LogP contribution in [0.3, 0.4) is 0 Å². The van der Waals surface area contributed by atoms with Crippen LogP contribution in [0.25, 0.3) is 0 Å². The van der Waals surface area contributed by atoms with Crippen molar-refractivity contribution in [3.63, 3.8) is 0 Å². The number of hydrogen-bond acceptors (Lipinski definition) is 7. The first kappa shape index (κ1) is 24.5. The van der Waals surface area contributed by atoms with E-state index in [0.717, 1.165) is 11.3 Å². The minimum absolute atomic E-state index is 0.239. The summed E-state index contributed by atoms with van der Waals surface area (Å²) in [7, 11) is 3.43. The van der Waals surface area contributed by atoms with Gasteiger partial charge in [-0.1, -0.05) is 48.3 Å². The Morgan fingerprint density at radius 2 is 2.00 bits per heavy atom. The molecular weight excluding hydrogens is 475 g/mol. The molecule has 0 bridgehead atoms. The number of carbonyl (C=O) groups excluding carboxylic acids is 1. The summed E-state index contributed by atoms with van der Waals surface area (Å²) in [4.78, 5) is 20.4. The molecule has 2 aliphatic rings. The number of benzene rings is 2. The standard InChI is InChI=1S/C25H28Cl2N4O3/c1-5-28-22-17-9-7-8-10-20(17)31(3)24(22,23(32)34-6-2)21-13-14-29-25(30-21,33-4)18-12-11-16(26)15-19(18)27/h7-15,22,28,30H,5-6H2,1-4H3. The van der Waals surface area contributed by atoms with Crippen LogP contribution in [0.5, 0.6) is 0 Å². The van der Waals surface area contributed by atoms with Crippen LogP contribution in [0.2, 0.25) is 10.0 Å². The molecule has 0 aromatic heterocycles. The summed E-state index contributed by atoms with van der Waals surface area (Å²) in [6.07, 6.45) is 3.41. The number of halogens is 2. The zero-order valence-electron chi connectivity index (χ0n) is 19.6. The Bertz CT molecular complexity index is 1150. The maximum atomic E-state index is 13.9. The summed E-state index contributed by atoms with van der Waals surface area (Å²) < 4.78 is 11.6. The molecule has 2 N–H and O–H groups in total. The number of ether oxygens (including phenoxy) is 2. The molecule has 0 aliphatic carbocycles. The number of hydrogen-bond donors (Lipinski definition) is 2. The maximum Gasteiger partial charge on any atom is 0.340 e. The molecule has 2 aliphatic heterocycles. The average molecular weight is 503 g/mol. The van der Waals surface area contributed by atoms with Gasteiger partial charge in [-0.05, 0) is 49.4 Å². The Balaban J connectivity index is 1.90. The third-order valence-electron chi connectivity index (χ3n) is 6.35. The number of likely N-dealkylation sites (N-methyl/N-ethyl adjacent to an activating group) is 2. The van der Waals surface area contributed by atoms with Gasteiger partial charge in [-0.15, -0.1) is 0 Å². The number of fused-ring (bicyclic) bond motifs is 1. The molecule has 3 atom stereocenters. The molecule has 0 amide bonds. The second-order valence-corrected chi connectivity index (χ2v) is 8.89. The predicted octanol–water partition coefficient (Wildman–Crippen LogP) is 4.41. The molecule has 0 spiro atoms. The summed E-state index contributed by atoms with van der Waals surface area (Å²) in [5, 5.41) is 7.79. The number of esters is 1. The van der Waals surface area contributed by atoms with E-state index in [1.165, 1.54) is 7.11 Å². The number of rotatable bonds is 7. The minimum atomic E-state index is -1.36. The van der Waals surface area contributed by atoms with Gasteiger partial charge in [0.1, 0.15) is 0 Å². The van der Waals surface area contributed by atoms with Crippen LogP contribution in [0.1, 0.15) is 31.0 Å². The molecular formula is C25H28Cl2N4O3. The normalized spacial score (nSPS) is 25.5. The van der Waals surface area contributed by atoms with Crippen LogP contribution in [-0.4, -0.2) is 45.0 Å². The van der Waals surface area contributed by atoms with Crippen LogP contribution in [0.4, 0.5) is 5.69 Å². The molecule has 0 radical (unpaired) electrons. The van der Waals surface area contributed by atoms with E-state index in [0.29, 0.717) is 27.9 Å². The van der Waals surface area contributed by atoms with Gasteiger partial charge in [-0.25, -0.2) is 9.79 Å². The highest BCUT2D eigenvalue weighted by Gasteiger charge is 2.60. The lowest BCUT2D eigenvalue weighted by Gasteiger charge is -2.45. The fraction of sp³-hybridized carbons (Fsp3) is 0.360.